The molecule has 4 unspecified atom stereocenters. The summed E-state index contributed by atoms with van der Waals surface area (Å²) in [5.41, 5.74) is 17.2. The minimum absolute atomic E-state index is 0.103. The first kappa shape index (κ1) is 31.6. The molecule has 0 N–H and O–H groups in total. The number of hydrogen-bond acceptors (Lipinski definition) is 2. The maximum absolute atomic E-state index is 4.62. The molecule has 51 heavy (non-hydrogen) atoms. The normalized spacial score (nSPS) is 21.9. The van der Waals surface area contributed by atoms with Crippen molar-refractivity contribution in [2.45, 2.75) is 57.8 Å². The molecule has 3 aliphatic carbocycles. The van der Waals surface area contributed by atoms with Gasteiger partial charge in [-0.2, -0.15) is 0 Å². The second-order valence-corrected chi connectivity index (χ2v) is 16.0. The number of pyridine rings is 2. The van der Waals surface area contributed by atoms with Crippen LogP contribution in [0.2, 0.25) is 0 Å². The van der Waals surface area contributed by atoms with E-state index >= 15 is 0 Å². The molecule has 3 aliphatic rings. The summed E-state index contributed by atoms with van der Waals surface area (Å²) >= 11 is 0. The van der Waals surface area contributed by atoms with Gasteiger partial charge in [0.15, 0.2) is 0 Å². The van der Waals surface area contributed by atoms with E-state index in [4.69, 9.17) is 0 Å². The quantitative estimate of drug-likeness (QED) is 0.184. The molecule has 2 aromatic heterocycles. The molecule has 0 bridgehead atoms. The number of nitrogens with zero attached hydrogens (tertiary/aromatic N) is 2. The molecule has 0 fully saturated rings. The van der Waals surface area contributed by atoms with Crippen molar-refractivity contribution in [2.24, 2.45) is 11.3 Å². The summed E-state index contributed by atoms with van der Waals surface area (Å²) < 4.78 is 0. The SMILES string of the molecule is CC(C)(C)c1cc2c3c(c1)CCC1C(c4ccc(-c5ccccn5)cc4)C=C(c4ccc(-c5ccc(-c6ccncc6)cc5)cc4)C(C)(C=C2)C31. The van der Waals surface area contributed by atoms with Crippen molar-refractivity contribution >= 4 is 11.6 Å². The first-order valence-corrected chi connectivity index (χ1v) is 18.5. The Kier molecular flexibility index (Phi) is 7.54. The van der Waals surface area contributed by atoms with Gasteiger partial charge >= 0.3 is 0 Å². The molecule has 2 heteroatoms. The topological polar surface area (TPSA) is 25.8 Å². The molecular weight excluding hydrogens is 617 g/mol. The molecule has 0 aliphatic heterocycles. The van der Waals surface area contributed by atoms with Gasteiger partial charge in [-0.3, -0.25) is 9.97 Å². The maximum Gasteiger partial charge on any atom is 0.0701 e. The molecule has 0 radical (unpaired) electrons. The van der Waals surface area contributed by atoms with Gasteiger partial charge in [-0.1, -0.05) is 137 Å². The summed E-state index contributed by atoms with van der Waals surface area (Å²) in [6.07, 6.45) is 15.5. The van der Waals surface area contributed by atoms with Crippen LogP contribution in [0.15, 0.2) is 146 Å². The monoisotopic (exact) mass is 660 g/mol. The van der Waals surface area contributed by atoms with Crippen LogP contribution in [0.1, 0.15) is 79.3 Å². The van der Waals surface area contributed by atoms with Crippen LogP contribution in [0.3, 0.4) is 0 Å². The third-order valence-electron chi connectivity index (χ3n) is 12.0. The Morgan fingerprint density at radius 2 is 1.29 bits per heavy atom. The van der Waals surface area contributed by atoms with Gasteiger partial charge in [0.1, 0.15) is 0 Å². The van der Waals surface area contributed by atoms with Gasteiger partial charge in [-0.15, -0.1) is 0 Å². The Labute approximate surface area is 302 Å². The van der Waals surface area contributed by atoms with E-state index in [0.717, 1.165) is 12.1 Å². The van der Waals surface area contributed by atoms with Gasteiger partial charge in [0, 0.05) is 41.4 Å². The van der Waals surface area contributed by atoms with Gasteiger partial charge in [-0.25, -0.2) is 0 Å². The van der Waals surface area contributed by atoms with Crippen LogP contribution >= 0.6 is 0 Å². The largest absolute Gasteiger partial charge is 0.265 e. The lowest BCUT2D eigenvalue weighted by Crippen LogP contribution is -2.42. The molecule has 0 saturated heterocycles. The van der Waals surface area contributed by atoms with Crippen molar-refractivity contribution in [1.82, 2.24) is 9.97 Å². The van der Waals surface area contributed by atoms with Gasteiger partial charge in [0.05, 0.1) is 5.69 Å². The van der Waals surface area contributed by atoms with Crippen LogP contribution in [0.4, 0.5) is 0 Å². The van der Waals surface area contributed by atoms with Crippen LogP contribution in [-0.2, 0) is 11.8 Å². The second kappa shape index (κ2) is 12.2. The van der Waals surface area contributed by atoms with E-state index in [1.165, 1.54) is 62.1 Å². The highest BCUT2D eigenvalue weighted by Crippen LogP contribution is 2.64. The molecule has 4 atom stereocenters. The van der Waals surface area contributed by atoms with Gasteiger partial charge in [0.25, 0.3) is 0 Å². The molecule has 4 aromatic carbocycles. The maximum atomic E-state index is 4.62. The number of aryl methyl sites for hydroxylation is 1. The van der Waals surface area contributed by atoms with E-state index in [2.05, 4.69) is 165 Å². The highest BCUT2D eigenvalue weighted by Gasteiger charge is 2.51. The van der Waals surface area contributed by atoms with E-state index in [0.29, 0.717) is 17.8 Å². The molecule has 2 heterocycles. The van der Waals surface area contributed by atoms with Crippen molar-refractivity contribution in [3.63, 3.8) is 0 Å². The Morgan fingerprint density at radius 3 is 1.92 bits per heavy atom. The number of hydrogen-bond donors (Lipinski definition) is 0. The number of aromatic nitrogens is 2. The van der Waals surface area contributed by atoms with E-state index in [1.54, 1.807) is 11.1 Å². The molecule has 0 spiro atoms. The fraction of sp³-hybridized carbons (Fsp3) is 0.224. The predicted molar refractivity (Wildman–Crippen MR) is 212 cm³/mol. The third kappa shape index (κ3) is 5.49. The Hall–Kier alpha value is -5.34. The zero-order chi connectivity index (χ0) is 34.7. The summed E-state index contributed by atoms with van der Waals surface area (Å²) in [5, 5.41) is 0. The Balaban J connectivity index is 1.13. The van der Waals surface area contributed by atoms with E-state index in [1.807, 2.05) is 24.7 Å². The lowest BCUT2D eigenvalue weighted by Gasteiger charge is -2.53. The number of rotatable bonds is 5. The first-order chi connectivity index (χ1) is 24.8. The van der Waals surface area contributed by atoms with Gasteiger partial charge < -0.3 is 0 Å². The summed E-state index contributed by atoms with van der Waals surface area (Å²) in [5.74, 6) is 1.26. The van der Waals surface area contributed by atoms with Crippen LogP contribution < -0.4 is 0 Å². The average molecular weight is 661 g/mol. The number of allylic oxidation sites excluding steroid dienone is 3. The highest BCUT2D eigenvalue weighted by molar-refractivity contribution is 5.82. The fourth-order valence-corrected chi connectivity index (χ4v) is 9.24. The van der Waals surface area contributed by atoms with Crippen molar-refractivity contribution < 1.29 is 0 Å². The van der Waals surface area contributed by atoms with Crippen molar-refractivity contribution in [2.75, 3.05) is 0 Å². The Morgan fingerprint density at radius 1 is 0.667 bits per heavy atom. The molecule has 250 valence electrons. The zero-order valence-electron chi connectivity index (χ0n) is 30.0. The van der Waals surface area contributed by atoms with Crippen molar-refractivity contribution in [1.29, 1.82) is 0 Å². The molecular formula is C49H44N2. The summed E-state index contributed by atoms with van der Waals surface area (Å²) in [6.45, 7) is 9.54. The van der Waals surface area contributed by atoms with Crippen molar-refractivity contribution in [3.05, 3.63) is 179 Å². The van der Waals surface area contributed by atoms with Crippen LogP contribution in [-0.4, -0.2) is 9.97 Å². The lowest BCUT2D eigenvalue weighted by molar-refractivity contribution is 0.239. The molecule has 6 aromatic rings. The highest BCUT2D eigenvalue weighted by atomic mass is 14.7. The zero-order valence-corrected chi connectivity index (χ0v) is 30.0. The molecule has 9 rings (SSSR count). The van der Waals surface area contributed by atoms with E-state index in [9.17, 15) is 0 Å². The van der Waals surface area contributed by atoms with Gasteiger partial charge in [0.2, 0.25) is 0 Å². The molecule has 0 saturated carbocycles. The van der Waals surface area contributed by atoms with Crippen LogP contribution in [0.25, 0.3) is 45.2 Å². The first-order valence-electron chi connectivity index (χ1n) is 18.5. The second-order valence-electron chi connectivity index (χ2n) is 16.0. The Bertz CT molecular complexity index is 2270. The standard InChI is InChI=1S/C49H44N2/c1-48(2,3)41-29-39-20-21-42-43(36-14-18-38(19-15-36)45-7-5-6-26-51-45)31-44(49(4)25-22-40(30-41)46(39)47(42)49)37-16-12-33(13-17-37)32-8-10-34(11-9-32)35-23-27-50-28-24-35/h5-19,22-31,42-43,47H,20-21H2,1-4H3. The average Bonchev–Trinajstić information content (AvgIpc) is 3.17. The minimum Gasteiger partial charge on any atom is -0.265 e. The summed E-state index contributed by atoms with van der Waals surface area (Å²) in [6, 6.07) is 42.8. The van der Waals surface area contributed by atoms with E-state index < -0.39 is 0 Å². The van der Waals surface area contributed by atoms with Crippen molar-refractivity contribution in [3.8, 4) is 33.5 Å². The predicted octanol–water partition coefficient (Wildman–Crippen LogP) is 12.3. The summed E-state index contributed by atoms with van der Waals surface area (Å²) in [7, 11) is 0. The van der Waals surface area contributed by atoms with Gasteiger partial charge in [-0.05, 0) is 110 Å². The lowest BCUT2D eigenvalue weighted by atomic mass is 9.50. The minimum atomic E-state index is -0.103. The summed E-state index contributed by atoms with van der Waals surface area (Å²) in [4.78, 5) is 8.79. The smallest absolute Gasteiger partial charge is 0.0701 e. The molecule has 2 nitrogen and oxygen atoms in total. The fourth-order valence-electron chi connectivity index (χ4n) is 9.24. The van der Waals surface area contributed by atoms with E-state index in [-0.39, 0.29) is 10.8 Å². The number of benzene rings is 4. The van der Waals surface area contributed by atoms with Crippen LogP contribution in [0.5, 0.6) is 0 Å². The molecule has 0 amide bonds. The third-order valence-corrected chi connectivity index (χ3v) is 12.0. The van der Waals surface area contributed by atoms with Crippen LogP contribution in [0, 0.1) is 11.3 Å².